The van der Waals surface area contributed by atoms with Crippen LogP contribution in [0.1, 0.15) is 18.4 Å². The maximum Gasteiger partial charge on any atom is 0.308 e. The summed E-state index contributed by atoms with van der Waals surface area (Å²) in [6.07, 6.45) is 1.74. The van der Waals surface area contributed by atoms with E-state index in [0.29, 0.717) is 6.54 Å². The van der Waals surface area contributed by atoms with E-state index >= 15 is 0 Å². The molecule has 1 atom stereocenters. The van der Waals surface area contributed by atoms with Gasteiger partial charge in [-0.2, -0.15) is 0 Å². The number of anilines is 1. The number of rotatable bonds is 4. The lowest BCUT2D eigenvalue weighted by atomic mass is 9.97. The fraction of sp³-hybridized carbons (Fsp3) is 0.588. The molecule has 1 unspecified atom stereocenters. The molecule has 120 valence electrons. The number of aliphatic carboxylic acids is 1. The number of carbonyl (C=O) groups is 1. The first-order chi connectivity index (χ1) is 10.7. The first-order valence-electron chi connectivity index (χ1n) is 8.09. The van der Waals surface area contributed by atoms with Crippen molar-refractivity contribution in [2.75, 3.05) is 44.3 Å². The molecule has 1 aromatic carbocycles. The SMILES string of the molecule is O=C(O)C1CCCN(c2ccc(CN3CCOCC3)cc2)C1. The lowest BCUT2D eigenvalue weighted by Gasteiger charge is -2.32. The van der Waals surface area contributed by atoms with Crippen LogP contribution in [0.3, 0.4) is 0 Å². The van der Waals surface area contributed by atoms with Crippen LogP contribution < -0.4 is 4.90 Å². The predicted octanol–water partition coefficient (Wildman–Crippen LogP) is 1.82. The molecule has 3 rings (SSSR count). The zero-order valence-electron chi connectivity index (χ0n) is 12.9. The van der Waals surface area contributed by atoms with Crippen molar-refractivity contribution >= 4 is 11.7 Å². The van der Waals surface area contributed by atoms with Gasteiger partial charge in [0.05, 0.1) is 19.1 Å². The molecule has 0 aliphatic carbocycles. The monoisotopic (exact) mass is 304 g/mol. The van der Waals surface area contributed by atoms with Gasteiger partial charge in [0.25, 0.3) is 0 Å². The number of morpholine rings is 1. The van der Waals surface area contributed by atoms with Crippen molar-refractivity contribution < 1.29 is 14.6 Å². The number of hydrogen-bond donors (Lipinski definition) is 1. The molecule has 0 saturated carbocycles. The number of carboxylic acids is 1. The third-order valence-electron chi connectivity index (χ3n) is 4.58. The van der Waals surface area contributed by atoms with Gasteiger partial charge in [-0.05, 0) is 30.5 Å². The number of hydrogen-bond acceptors (Lipinski definition) is 4. The molecule has 5 nitrogen and oxygen atoms in total. The average Bonchev–Trinajstić information content (AvgIpc) is 2.56. The molecule has 1 aromatic rings. The molecule has 0 spiro atoms. The van der Waals surface area contributed by atoms with E-state index in [0.717, 1.165) is 57.9 Å². The molecular weight excluding hydrogens is 280 g/mol. The minimum Gasteiger partial charge on any atom is -0.481 e. The zero-order valence-corrected chi connectivity index (χ0v) is 12.9. The number of piperidine rings is 1. The Morgan fingerprint density at radius 3 is 2.59 bits per heavy atom. The minimum absolute atomic E-state index is 0.234. The van der Waals surface area contributed by atoms with Gasteiger partial charge in [-0.25, -0.2) is 0 Å². The molecule has 0 amide bonds. The molecule has 0 bridgehead atoms. The van der Waals surface area contributed by atoms with E-state index in [1.54, 1.807) is 0 Å². The van der Waals surface area contributed by atoms with E-state index in [1.807, 2.05) is 0 Å². The van der Waals surface area contributed by atoms with Gasteiger partial charge in [0, 0.05) is 38.4 Å². The summed E-state index contributed by atoms with van der Waals surface area (Å²) in [7, 11) is 0. The van der Waals surface area contributed by atoms with Crippen LogP contribution in [0.5, 0.6) is 0 Å². The van der Waals surface area contributed by atoms with Crippen molar-refractivity contribution in [3.05, 3.63) is 29.8 Å². The normalized spacial score (nSPS) is 23.5. The van der Waals surface area contributed by atoms with Crippen molar-refractivity contribution in [2.45, 2.75) is 19.4 Å². The molecule has 22 heavy (non-hydrogen) atoms. The Labute approximate surface area is 131 Å². The molecule has 2 aliphatic heterocycles. The van der Waals surface area contributed by atoms with E-state index in [9.17, 15) is 9.90 Å². The summed E-state index contributed by atoms with van der Waals surface area (Å²) in [5, 5.41) is 9.19. The van der Waals surface area contributed by atoms with E-state index < -0.39 is 5.97 Å². The van der Waals surface area contributed by atoms with Crippen molar-refractivity contribution in [3.63, 3.8) is 0 Å². The third-order valence-corrected chi connectivity index (χ3v) is 4.58. The number of benzene rings is 1. The Balaban J connectivity index is 1.59. The standard InChI is InChI=1S/C17H24N2O3/c20-17(21)15-2-1-7-19(13-15)16-5-3-14(4-6-16)12-18-8-10-22-11-9-18/h3-6,15H,1-2,7-13H2,(H,20,21). The van der Waals surface area contributed by atoms with E-state index in [-0.39, 0.29) is 5.92 Å². The Morgan fingerprint density at radius 1 is 1.18 bits per heavy atom. The molecule has 1 N–H and O–H groups in total. The van der Waals surface area contributed by atoms with E-state index in [1.165, 1.54) is 5.56 Å². The summed E-state index contributed by atoms with van der Waals surface area (Å²) in [4.78, 5) is 15.8. The summed E-state index contributed by atoms with van der Waals surface area (Å²) in [5.74, 6) is -0.907. The fourth-order valence-electron chi connectivity index (χ4n) is 3.24. The highest BCUT2D eigenvalue weighted by Gasteiger charge is 2.25. The van der Waals surface area contributed by atoms with E-state index in [2.05, 4.69) is 34.1 Å². The van der Waals surface area contributed by atoms with Gasteiger partial charge >= 0.3 is 5.97 Å². The van der Waals surface area contributed by atoms with Crippen LogP contribution in [-0.2, 0) is 16.1 Å². The highest BCUT2D eigenvalue weighted by atomic mass is 16.5. The Kier molecular flexibility index (Phi) is 4.95. The highest BCUT2D eigenvalue weighted by molar-refractivity contribution is 5.71. The predicted molar refractivity (Wildman–Crippen MR) is 85.1 cm³/mol. The quantitative estimate of drug-likeness (QED) is 0.919. The van der Waals surface area contributed by atoms with Gasteiger partial charge in [0.15, 0.2) is 0 Å². The van der Waals surface area contributed by atoms with Crippen molar-refractivity contribution in [1.29, 1.82) is 0 Å². The zero-order chi connectivity index (χ0) is 15.4. The number of ether oxygens (including phenoxy) is 1. The molecule has 0 aromatic heterocycles. The minimum atomic E-state index is -0.673. The van der Waals surface area contributed by atoms with Crippen LogP contribution in [0, 0.1) is 5.92 Å². The largest absolute Gasteiger partial charge is 0.481 e. The Hall–Kier alpha value is -1.59. The second-order valence-electron chi connectivity index (χ2n) is 6.18. The van der Waals surface area contributed by atoms with Crippen LogP contribution in [0.2, 0.25) is 0 Å². The first-order valence-corrected chi connectivity index (χ1v) is 8.09. The van der Waals surface area contributed by atoms with Crippen molar-refractivity contribution in [2.24, 2.45) is 5.92 Å². The van der Waals surface area contributed by atoms with Crippen LogP contribution in [-0.4, -0.2) is 55.4 Å². The van der Waals surface area contributed by atoms with Gasteiger partial charge in [-0.1, -0.05) is 12.1 Å². The molecule has 2 saturated heterocycles. The summed E-state index contributed by atoms with van der Waals surface area (Å²) in [5.41, 5.74) is 2.44. The second kappa shape index (κ2) is 7.11. The number of carboxylic acid groups (broad SMARTS) is 1. The summed E-state index contributed by atoms with van der Waals surface area (Å²) < 4.78 is 5.37. The van der Waals surface area contributed by atoms with Gasteiger partial charge in [0.2, 0.25) is 0 Å². The summed E-state index contributed by atoms with van der Waals surface area (Å²) >= 11 is 0. The van der Waals surface area contributed by atoms with Gasteiger partial charge in [-0.3, -0.25) is 9.69 Å². The van der Waals surface area contributed by atoms with Crippen LogP contribution in [0.25, 0.3) is 0 Å². The van der Waals surface area contributed by atoms with Gasteiger partial charge in [0.1, 0.15) is 0 Å². The summed E-state index contributed by atoms with van der Waals surface area (Å²) in [6, 6.07) is 8.57. The lowest BCUT2D eigenvalue weighted by Crippen LogP contribution is -2.38. The van der Waals surface area contributed by atoms with Crippen LogP contribution in [0.4, 0.5) is 5.69 Å². The first kappa shape index (κ1) is 15.3. The molecule has 5 heteroatoms. The third kappa shape index (κ3) is 3.78. The molecule has 0 radical (unpaired) electrons. The molecule has 2 aliphatic rings. The highest BCUT2D eigenvalue weighted by Crippen LogP contribution is 2.24. The number of nitrogens with zero attached hydrogens (tertiary/aromatic N) is 2. The van der Waals surface area contributed by atoms with Crippen LogP contribution in [0.15, 0.2) is 24.3 Å². The van der Waals surface area contributed by atoms with Crippen molar-refractivity contribution in [1.82, 2.24) is 4.90 Å². The second-order valence-corrected chi connectivity index (χ2v) is 6.18. The maximum absolute atomic E-state index is 11.2. The Bertz CT molecular complexity index is 497. The van der Waals surface area contributed by atoms with E-state index in [4.69, 9.17) is 4.74 Å². The fourth-order valence-corrected chi connectivity index (χ4v) is 3.24. The Morgan fingerprint density at radius 2 is 1.91 bits per heavy atom. The lowest BCUT2D eigenvalue weighted by molar-refractivity contribution is -0.141. The molecule has 2 heterocycles. The maximum atomic E-state index is 11.2. The van der Waals surface area contributed by atoms with Gasteiger partial charge < -0.3 is 14.7 Å². The average molecular weight is 304 g/mol. The topological polar surface area (TPSA) is 53.0 Å². The van der Waals surface area contributed by atoms with Crippen molar-refractivity contribution in [3.8, 4) is 0 Å². The molecular formula is C17H24N2O3. The smallest absolute Gasteiger partial charge is 0.308 e. The summed E-state index contributed by atoms with van der Waals surface area (Å²) in [6.45, 7) is 6.17. The van der Waals surface area contributed by atoms with Gasteiger partial charge in [-0.15, -0.1) is 0 Å². The molecule has 2 fully saturated rings. The van der Waals surface area contributed by atoms with Crippen LogP contribution >= 0.6 is 0 Å².